The fourth-order valence-electron chi connectivity index (χ4n) is 1.47. The van der Waals surface area contributed by atoms with Crippen LogP contribution in [0.15, 0.2) is 18.2 Å². The van der Waals surface area contributed by atoms with Crippen molar-refractivity contribution in [1.29, 1.82) is 0 Å². The van der Waals surface area contributed by atoms with Crippen molar-refractivity contribution in [1.82, 2.24) is 10.6 Å². The number of aliphatic hydroxyl groups excluding tert-OH is 1. The minimum atomic E-state index is -0.593. The molecule has 0 saturated carbocycles. The van der Waals surface area contributed by atoms with Gasteiger partial charge >= 0.3 is 6.03 Å². The van der Waals surface area contributed by atoms with Crippen molar-refractivity contribution in [3.05, 3.63) is 29.6 Å². The summed E-state index contributed by atoms with van der Waals surface area (Å²) in [5.74, 6) is 0.106. The second-order valence-electron chi connectivity index (χ2n) is 4.19. The van der Waals surface area contributed by atoms with Gasteiger partial charge in [0.15, 0.2) is 0 Å². The second kappa shape index (κ2) is 7.58. The summed E-state index contributed by atoms with van der Waals surface area (Å²) in [4.78, 5) is 11.3. The Morgan fingerprint density at radius 2 is 2.21 bits per heavy atom. The number of methoxy groups -OCH3 is 1. The topological polar surface area (TPSA) is 70.6 Å². The lowest BCUT2D eigenvalue weighted by molar-refractivity contribution is 0.187. The molecule has 0 radical (unpaired) electrons. The third-order valence-corrected chi connectivity index (χ3v) is 2.50. The van der Waals surface area contributed by atoms with Crippen LogP contribution < -0.4 is 15.4 Å². The Labute approximate surface area is 111 Å². The molecular formula is C13H19FN2O3. The number of urea groups is 1. The maximum atomic E-state index is 13.6. The van der Waals surface area contributed by atoms with Crippen LogP contribution >= 0.6 is 0 Å². The van der Waals surface area contributed by atoms with Gasteiger partial charge in [-0.25, -0.2) is 9.18 Å². The molecule has 1 rings (SSSR count). The molecule has 0 heterocycles. The first kappa shape index (κ1) is 15.2. The maximum absolute atomic E-state index is 13.6. The molecule has 0 saturated heterocycles. The van der Waals surface area contributed by atoms with Crippen molar-refractivity contribution in [3.63, 3.8) is 0 Å². The highest BCUT2D eigenvalue weighted by molar-refractivity contribution is 5.73. The summed E-state index contributed by atoms with van der Waals surface area (Å²) in [6.45, 7) is 2.07. The number of nitrogens with one attached hydrogen (secondary N) is 2. The molecule has 5 nitrogen and oxygen atoms in total. The lowest BCUT2D eigenvalue weighted by atomic mass is 10.1. The standard InChI is InChI=1S/C13H19FN2O3/c1-9(17)8-16-13(18)15-6-5-10-3-4-11(19-2)7-12(10)14/h3-4,7,9,17H,5-6,8H2,1-2H3,(H2,15,16,18)/t9-/m1/s1. The monoisotopic (exact) mass is 270 g/mol. The molecule has 1 aromatic rings. The van der Waals surface area contributed by atoms with Crippen molar-refractivity contribution in [2.24, 2.45) is 0 Å². The molecule has 0 aliphatic heterocycles. The number of amides is 2. The molecule has 0 aliphatic rings. The number of ether oxygens (including phenoxy) is 1. The van der Waals surface area contributed by atoms with Crippen LogP contribution in [0, 0.1) is 5.82 Å². The van der Waals surface area contributed by atoms with E-state index < -0.39 is 6.10 Å². The fourth-order valence-corrected chi connectivity index (χ4v) is 1.47. The van der Waals surface area contributed by atoms with E-state index in [2.05, 4.69) is 10.6 Å². The zero-order valence-electron chi connectivity index (χ0n) is 11.1. The summed E-state index contributed by atoms with van der Waals surface area (Å²) >= 11 is 0. The van der Waals surface area contributed by atoms with Gasteiger partial charge in [-0.2, -0.15) is 0 Å². The van der Waals surface area contributed by atoms with E-state index in [9.17, 15) is 9.18 Å². The molecule has 6 heteroatoms. The Bertz CT molecular complexity index is 424. The predicted molar refractivity (Wildman–Crippen MR) is 69.7 cm³/mol. The molecule has 3 N–H and O–H groups in total. The molecule has 106 valence electrons. The van der Waals surface area contributed by atoms with Crippen LogP contribution in [0.25, 0.3) is 0 Å². The Kier molecular flexibility index (Phi) is 6.08. The summed E-state index contributed by atoms with van der Waals surface area (Å²) in [5, 5.41) is 14.1. The smallest absolute Gasteiger partial charge is 0.314 e. The normalized spacial score (nSPS) is 11.8. The molecule has 0 aromatic heterocycles. The Balaban J connectivity index is 2.35. The third kappa shape index (κ3) is 5.56. The first-order chi connectivity index (χ1) is 9.02. The number of hydrogen-bond acceptors (Lipinski definition) is 3. The van der Waals surface area contributed by atoms with E-state index in [1.54, 1.807) is 19.1 Å². The number of benzene rings is 1. The van der Waals surface area contributed by atoms with E-state index >= 15 is 0 Å². The molecule has 0 aliphatic carbocycles. The maximum Gasteiger partial charge on any atom is 0.314 e. The van der Waals surface area contributed by atoms with Crippen molar-refractivity contribution in [3.8, 4) is 5.75 Å². The first-order valence-corrected chi connectivity index (χ1v) is 6.05. The van der Waals surface area contributed by atoms with Gasteiger partial charge in [0.05, 0.1) is 13.2 Å². The average molecular weight is 270 g/mol. The number of carbonyl (C=O) groups is 1. The quantitative estimate of drug-likeness (QED) is 0.724. The van der Waals surface area contributed by atoms with Crippen LogP contribution in [0.3, 0.4) is 0 Å². The van der Waals surface area contributed by atoms with Gasteiger partial charge in [0.1, 0.15) is 11.6 Å². The van der Waals surface area contributed by atoms with Crippen LogP contribution in [0.5, 0.6) is 5.75 Å². The van der Waals surface area contributed by atoms with E-state index in [0.717, 1.165) is 0 Å². The number of carbonyl (C=O) groups excluding carboxylic acids is 1. The molecular weight excluding hydrogens is 251 g/mol. The summed E-state index contributed by atoms with van der Waals surface area (Å²) < 4.78 is 18.5. The number of halogens is 1. The van der Waals surface area contributed by atoms with Gasteiger partial charge in [0, 0.05) is 19.2 Å². The Hall–Kier alpha value is -1.82. The SMILES string of the molecule is COc1ccc(CCNC(=O)NC[C@@H](C)O)c(F)c1. The van der Waals surface area contributed by atoms with Gasteiger partial charge in [-0.05, 0) is 25.0 Å². The van der Waals surface area contributed by atoms with Crippen molar-refractivity contribution in [2.45, 2.75) is 19.4 Å². The molecule has 0 bridgehead atoms. The van der Waals surface area contributed by atoms with E-state index in [0.29, 0.717) is 24.3 Å². The predicted octanol–water partition coefficient (Wildman–Crippen LogP) is 1.06. The summed E-state index contributed by atoms with van der Waals surface area (Å²) in [5.41, 5.74) is 0.511. The van der Waals surface area contributed by atoms with Crippen LogP contribution in [0.2, 0.25) is 0 Å². The van der Waals surface area contributed by atoms with Crippen LogP contribution in [-0.2, 0) is 6.42 Å². The zero-order chi connectivity index (χ0) is 14.3. The highest BCUT2D eigenvalue weighted by Crippen LogP contribution is 2.16. The Morgan fingerprint density at radius 1 is 1.47 bits per heavy atom. The molecule has 2 amide bonds. The van der Waals surface area contributed by atoms with E-state index in [4.69, 9.17) is 9.84 Å². The molecule has 0 spiro atoms. The summed E-state index contributed by atoms with van der Waals surface area (Å²) in [7, 11) is 1.47. The Morgan fingerprint density at radius 3 is 2.79 bits per heavy atom. The molecule has 1 atom stereocenters. The highest BCUT2D eigenvalue weighted by Gasteiger charge is 2.05. The van der Waals surface area contributed by atoms with E-state index in [1.807, 2.05) is 0 Å². The number of aliphatic hydroxyl groups is 1. The molecule has 0 fully saturated rings. The zero-order valence-corrected chi connectivity index (χ0v) is 11.1. The molecule has 0 unspecified atom stereocenters. The molecule has 19 heavy (non-hydrogen) atoms. The van der Waals surface area contributed by atoms with Crippen molar-refractivity contribution < 1.29 is 19.0 Å². The number of hydrogen-bond donors (Lipinski definition) is 3. The second-order valence-corrected chi connectivity index (χ2v) is 4.19. The van der Waals surface area contributed by atoms with Crippen molar-refractivity contribution in [2.75, 3.05) is 20.2 Å². The highest BCUT2D eigenvalue weighted by atomic mass is 19.1. The summed E-state index contributed by atoms with van der Waals surface area (Å²) in [6, 6.07) is 4.23. The van der Waals surface area contributed by atoms with Gasteiger partial charge < -0.3 is 20.5 Å². The van der Waals surface area contributed by atoms with Crippen molar-refractivity contribution >= 4 is 6.03 Å². The fraction of sp³-hybridized carbons (Fsp3) is 0.462. The average Bonchev–Trinajstić information content (AvgIpc) is 2.38. The lowest BCUT2D eigenvalue weighted by Crippen LogP contribution is -2.39. The van der Waals surface area contributed by atoms with Gasteiger partial charge in [0.25, 0.3) is 0 Å². The summed E-state index contributed by atoms with van der Waals surface area (Å²) in [6.07, 6.45) is -0.206. The van der Waals surface area contributed by atoms with Gasteiger partial charge in [-0.1, -0.05) is 6.07 Å². The lowest BCUT2D eigenvalue weighted by Gasteiger charge is -2.09. The van der Waals surface area contributed by atoms with Gasteiger partial charge in [-0.15, -0.1) is 0 Å². The van der Waals surface area contributed by atoms with Gasteiger partial charge in [0.2, 0.25) is 0 Å². The number of rotatable bonds is 6. The van der Waals surface area contributed by atoms with Crippen LogP contribution in [0.1, 0.15) is 12.5 Å². The first-order valence-electron chi connectivity index (χ1n) is 6.05. The van der Waals surface area contributed by atoms with Gasteiger partial charge in [-0.3, -0.25) is 0 Å². The molecule has 1 aromatic carbocycles. The minimum absolute atomic E-state index is 0.183. The van der Waals surface area contributed by atoms with E-state index in [1.165, 1.54) is 13.2 Å². The third-order valence-electron chi connectivity index (χ3n) is 2.50. The van der Waals surface area contributed by atoms with Crippen LogP contribution in [-0.4, -0.2) is 37.4 Å². The largest absolute Gasteiger partial charge is 0.497 e. The minimum Gasteiger partial charge on any atom is -0.497 e. The van der Waals surface area contributed by atoms with Crippen LogP contribution in [0.4, 0.5) is 9.18 Å². The van der Waals surface area contributed by atoms with E-state index in [-0.39, 0.29) is 18.4 Å².